The maximum Gasteiger partial charge on any atom is 0.257 e. The number of rotatable bonds is 3. The van der Waals surface area contributed by atoms with Crippen molar-refractivity contribution in [3.8, 4) is 5.75 Å². The van der Waals surface area contributed by atoms with Gasteiger partial charge in [0.1, 0.15) is 17.9 Å². The number of carbonyl (C=O) groups is 1. The van der Waals surface area contributed by atoms with Crippen LogP contribution in [0.1, 0.15) is 16.2 Å². The number of amides is 1. The van der Waals surface area contributed by atoms with Crippen LogP contribution < -0.4 is 0 Å². The standard InChI is InChI=1S/C11H11IN4O2/c1-16(5-10-13-6-14-15-10)11(18)8-4-7(12)2-3-9(8)17/h2-4,6,17H,5H2,1H3,(H,13,14,15). The van der Waals surface area contributed by atoms with Crippen molar-refractivity contribution in [3.63, 3.8) is 0 Å². The summed E-state index contributed by atoms with van der Waals surface area (Å²) in [6, 6.07) is 4.90. The summed E-state index contributed by atoms with van der Waals surface area (Å²) >= 11 is 2.09. The zero-order valence-electron chi connectivity index (χ0n) is 9.59. The van der Waals surface area contributed by atoms with E-state index in [-0.39, 0.29) is 17.2 Å². The molecule has 0 saturated heterocycles. The molecule has 94 valence electrons. The van der Waals surface area contributed by atoms with Crippen molar-refractivity contribution >= 4 is 28.5 Å². The van der Waals surface area contributed by atoms with Gasteiger partial charge in [-0.25, -0.2) is 4.98 Å². The average molecular weight is 358 g/mol. The Bertz CT molecular complexity index is 556. The molecule has 0 radical (unpaired) electrons. The highest BCUT2D eigenvalue weighted by Gasteiger charge is 2.17. The fraction of sp³-hybridized carbons (Fsp3) is 0.182. The van der Waals surface area contributed by atoms with Gasteiger partial charge in [0.2, 0.25) is 0 Å². The van der Waals surface area contributed by atoms with E-state index in [0.717, 1.165) is 3.57 Å². The number of hydrogen-bond acceptors (Lipinski definition) is 4. The van der Waals surface area contributed by atoms with Gasteiger partial charge in [-0.05, 0) is 40.8 Å². The lowest BCUT2D eigenvalue weighted by atomic mass is 10.2. The van der Waals surface area contributed by atoms with E-state index < -0.39 is 0 Å². The average Bonchev–Trinajstić information content (AvgIpc) is 2.84. The van der Waals surface area contributed by atoms with Gasteiger partial charge in [-0.2, -0.15) is 5.10 Å². The minimum Gasteiger partial charge on any atom is -0.507 e. The summed E-state index contributed by atoms with van der Waals surface area (Å²) in [6.07, 6.45) is 1.39. The second kappa shape index (κ2) is 5.34. The lowest BCUT2D eigenvalue weighted by molar-refractivity contribution is 0.0778. The molecule has 0 spiro atoms. The van der Waals surface area contributed by atoms with Gasteiger partial charge in [-0.3, -0.25) is 9.89 Å². The van der Waals surface area contributed by atoms with Gasteiger partial charge >= 0.3 is 0 Å². The van der Waals surface area contributed by atoms with Crippen LogP contribution in [-0.4, -0.2) is 38.1 Å². The number of hydrogen-bond donors (Lipinski definition) is 2. The lowest BCUT2D eigenvalue weighted by Gasteiger charge is -2.16. The molecule has 0 aliphatic heterocycles. The molecule has 1 aromatic carbocycles. The first-order valence-electron chi connectivity index (χ1n) is 5.16. The minimum atomic E-state index is -0.262. The first kappa shape index (κ1) is 12.8. The summed E-state index contributed by atoms with van der Waals surface area (Å²) < 4.78 is 0.891. The number of phenols is 1. The van der Waals surface area contributed by atoms with Crippen LogP contribution in [0.25, 0.3) is 0 Å². The molecule has 1 aromatic heterocycles. The molecule has 0 fully saturated rings. The van der Waals surface area contributed by atoms with Crippen molar-refractivity contribution in [2.75, 3.05) is 7.05 Å². The maximum absolute atomic E-state index is 12.1. The molecule has 0 aliphatic rings. The fourth-order valence-corrected chi connectivity index (χ4v) is 1.98. The van der Waals surface area contributed by atoms with Gasteiger partial charge in [-0.1, -0.05) is 0 Å². The van der Waals surface area contributed by atoms with E-state index >= 15 is 0 Å². The Morgan fingerprint density at radius 2 is 2.33 bits per heavy atom. The first-order valence-corrected chi connectivity index (χ1v) is 6.24. The van der Waals surface area contributed by atoms with Crippen molar-refractivity contribution in [1.82, 2.24) is 20.1 Å². The summed E-state index contributed by atoms with van der Waals surface area (Å²) in [5.74, 6) is 0.309. The third-order valence-electron chi connectivity index (χ3n) is 2.39. The number of benzene rings is 1. The van der Waals surface area contributed by atoms with Crippen LogP contribution in [0.5, 0.6) is 5.75 Å². The summed E-state index contributed by atoms with van der Waals surface area (Å²) in [5, 5.41) is 16.1. The highest BCUT2D eigenvalue weighted by molar-refractivity contribution is 14.1. The van der Waals surface area contributed by atoms with E-state index in [4.69, 9.17) is 0 Å². The number of aromatic nitrogens is 3. The molecule has 2 aromatic rings. The van der Waals surface area contributed by atoms with Crippen LogP contribution in [0.3, 0.4) is 0 Å². The summed E-state index contributed by atoms with van der Waals surface area (Å²) in [5.41, 5.74) is 0.281. The molecule has 6 nitrogen and oxygen atoms in total. The van der Waals surface area contributed by atoms with E-state index in [0.29, 0.717) is 12.4 Å². The van der Waals surface area contributed by atoms with E-state index in [1.54, 1.807) is 19.2 Å². The number of carbonyl (C=O) groups excluding carboxylic acids is 1. The molecule has 0 saturated carbocycles. The Labute approximate surface area is 117 Å². The third-order valence-corrected chi connectivity index (χ3v) is 3.06. The van der Waals surface area contributed by atoms with Crippen LogP contribution in [0, 0.1) is 3.57 Å². The Hall–Kier alpha value is -1.64. The Kier molecular flexibility index (Phi) is 3.80. The Balaban J connectivity index is 2.17. The van der Waals surface area contributed by atoms with E-state index in [2.05, 4.69) is 37.8 Å². The quantitative estimate of drug-likeness (QED) is 0.813. The molecular weight excluding hydrogens is 347 g/mol. The molecule has 1 amide bonds. The summed E-state index contributed by atoms with van der Waals surface area (Å²) in [4.78, 5) is 17.6. The zero-order chi connectivity index (χ0) is 13.1. The topological polar surface area (TPSA) is 82.1 Å². The van der Waals surface area contributed by atoms with Crippen LogP contribution in [0.15, 0.2) is 24.5 Å². The van der Waals surface area contributed by atoms with Crippen molar-refractivity contribution in [3.05, 3.63) is 39.5 Å². The van der Waals surface area contributed by atoms with Crippen molar-refractivity contribution < 1.29 is 9.90 Å². The maximum atomic E-state index is 12.1. The van der Waals surface area contributed by atoms with Crippen LogP contribution in [0.2, 0.25) is 0 Å². The number of halogens is 1. The molecule has 2 rings (SSSR count). The van der Waals surface area contributed by atoms with Crippen LogP contribution in [-0.2, 0) is 6.54 Å². The number of phenolic OH excluding ortho intramolecular Hbond substituents is 1. The second-order valence-corrected chi connectivity index (χ2v) is 5.00. The number of nitrogens with one attached hydrogen (secondary N) is 1. The molecule has 0 atom stereocenters. The van der Waals surface area contributed by atoms with Crippen LogP contribution in [0.4, 0.5) is 0 Å². The highest BCUT2D eigenvalue weighted by atomic mass is 127. The molecule has 0 unspecified atom stereocenters. The van der Waals surface area contributed by atoms with Gasteiger partial charge in [0.05, 0.1) is 12.1 Å². The number of H-pyrrole nitrogens is 1. The number of aromatic amines is 1. The van der Waals surface area contributed by atoms with Crippen molar-refractivity contribution in [2.45, 2.75) is 6.54 Å². The number of nitrogens with zero attached hydrogens (tertiary/aromatic N) is 3. The van der Waals surface area contributed by atoms with Crippen molar-refractivity contribution in [2.24, 2.45) is 0 Å². The first-order chi connectivity index (χ1) is 8.58. The van der Waals surface area contributed by atoms with Gasteiger partial charge in [0.15, 0.2) is 0 Å². The van der Waals surface area contributed by atoms with Gasteiger partial charge in [-0.15, -0.1) is 0 Å². The molecule has 18 heavy (non-hydrogen) atoms. The highest BCUT2D eigenvalue weighted by Crippen LogP contribution is 2.21. The normalized spacial score (nSPS) is 10.3. The van der Waals surface area contributed by atoms with Gasteiger partial charge in [0.25, 0.3) is 5.91 Å². The molecule has 0 aliphatic carbocycles. The molecular formula is C11H11IN4O2. The predicted octanol–water partition coefficient (Wildman–Crippen LogP) is 1.39. The van der Waals surface area contributed by atoms with Gasteiger partial charge < -0.3 is 10.0 Å². The van der Waals surface area contributed by atoms with Crippen molar-refractivity contribution in [1.29, 1.82) is 0 Å². The van der Waals surface area contributed by atoms with Crippen LogP contribution >= 0.6 is 22.6 Å². The minimum absolute atomic E-state index is 0.0233. The van der Waals surface area contributed by atoms with E-state index in [1.165, 1.54) is 17.3 Å². The molecule has 1 heterocycles. The van der Waals surface area contributed by atoms with Gasteiger partial charge in [0, 0.05) is 10.6 Å². The Morgan fingerprint density at radius 1 is 1.56 bits per heavy atom. The molecule has 2 N–H and O–H groups in total. The van der Waals surface area contributed by atoms with E-state index in [1.807, 2.05) is 0 Å². The second-order valence-electron chi connectivity index (χ2n) is 3.75. The monoisotopic (exact) mass is 358 g/mol. The zero-order valence-corrected chi connectivity index (χ0v) is 11.7. The summed E-state index contributed by atoms with van der Waals surface area (Å²) in [7, 11) is 1.64. The predicted molar refractivity (Wildman–Crippen MR) is 73.0 cm³/mol. The Morgan fingerprint density at radius 3 is 3.00 bits per heavy atom. The largest absolute Gasteiger partial charge is 0.507 e. The molecule has 0 bridgehead atoms. The SMILES string of the molecule is CN(Cc1ncn[nH]1)C(=O)c1cc(I)ccc1O. The van der Waals surface area contributed by atoms with E-state index in [9.17, 15) is 9.90 Å². The number of aromatic hydroxyl groups is 1. The molecule has 7 heteroatoms. The fourth-order valence-electron chi connectivity index (χ4n) is 1.49. The lowest BCUT2D eigenvalue weighted by Crippen LogP contribution is -2.26. The smallest absolute Gasteiger partial charge is 0.257 e. The third kappa shape index (κ3) is 2.78. The summed E-state index contributed by atoms with van der Waals surface area (Å²) in [6.45, 7) is 0.309.